The SMILES string of the molecule is C=CCSCCNCCOCCOCCOC. The van der Waals surface area contributed by atoms with E-state index in [1.54, 1.807) is 7.11 Å². The fourth-order valence-corrected chi connectivity index (χ4v) is 1.67. The van der Waals surface area contributed by atoms with Crippen molar-refractivity contribution >= 4 is 11.8 Å². The molecule has 0 saturated heterocycles. The van der Waals surface area contributed by atoms with Gasteiger partial charge in [-0.3, -0.25) is 0 Å². The largest absolute Gasteiger partial charge is 0.382 e. The molecule has 102 valence electrons. The predicted molar refractivity (Wildman–Crippen MR) is 73.9 cm³/mol. The van der Waals surface area contributed by atoms with Crippen LogP contribution in [0.2, 0.25) is 0 Å². The average molecular weight is 263 g/mol. The van der Waals surface area contributed by atoms with Crippen molar-refractivity contribution in [1.82, 2.24) is 5.32 Å². The quantitative estimate of drug-likeness (QED) is 0.376. The summed E-state index contributed by atoms with van der Waals surface area (Å²) < 4.78 is 15.5. The summed E-state index contributed by atoms with van der Waals surface area (Å²) in [5.74, 6) is 2.14. The second-order valence-electron chi connectivity index (χ2n) is 3.33. The molecule has 0 heterocycles. The third kappa shape index (κ3) is 15.9. The molecule has 4 nitrogen and oxygen atoms in total. The Hall–Kier alpha value is -0.0700. The van der Waals surface area contributed by atoms with Gasteiger partial charge in [-0.05, 0) is 0 Å². The van der Waals surface area contributed by atoms with Crippen molar-refractivity contribution < 1.29 is 14.2 Å². The van der Waals surface area contributed by atoms with Crippen molar-refractivity contribution in [1.29, 1.82) is 0 Å². The van der Waals surface area contributed by atoms with Gasteiger partial charge in [0, 0.05) is 31.7 Å². The Morgan fingerprint density at radius 3 is 2.47 bits per heavy atom. The zero-order valence-corrected chi connectivity index (χ0v) is 11.6. The van der Waals surface area contributed by atoms with Crippen LogP contribution in [-0.2, 0) is 14.2 Å². The molecule has 0 radical (unpaired) electrons. The summed E-state index contributed by atoms with van der Waals surface area (Å²) in [7, 11) is 1.67. The lowest BCUT2D eigenvalue weighted by atomic mass is 10.6. The Morgan fingerprint density at radius 2 is 1.76 bits per heavy atom. The van der Waals surface area contributed by atoms with Crippen LogP contribution in [0.4, 0.5) is 0 Å². The second-order valence-corrected chi connectivity index (χ2v) is 4.48. The van der Waals surface area contributed by atoms with E-state index >= 15 is 0 Å². The van der Waals surface area contributed by atoms with E-state index in [1.165, 1.54) is 0 Å². The Morgan fingerprint density at radius 1 is 1.06 bits per heavy atom. The lowest BCUT2D eigenvalue weighted by molar-refractivity contribution is 0.0256. The summed E-state index contributed by atoms with van der Waals surface area (Å²) in [5.41, 5.74) is 0. The van der Waals surface area contributed by atoms with Crippen LogP contribution >= 0.6 is 11.8 Å². The van der Waals surface area contributed by atoms with E-state index in [9.17, 15) is 0 Å². The number of thioether (sulfide) groups is 1. The van der Waals surface area contributed by atoms with Crippen molar-refractivity contribution in [3.05, 3.63) is 12.7 Å². The molecule has 0 rings (SSSR count). The number of nitrogens with one attached hydrogen (secondary N) is 1. The van der Waals surface area contributed by atoms with Gasteiger partial charge in [-0.1, -0.05) is 6.08 Å². The first-order valence-electron chi connectivity index (χ1n) is 5.95. The van der Waals surface area contributed by atoms with Gasteiger partial charge in [0.05, 0.1) is 33.0 Å². The maximum Gasteiger partial charge on any atom is 0.0701 e. The van der Waals surface area contributed by atoms with Gasteiger partial charge in [-0.25, -0.2) is 0 Å². The summed E-state index contributed by atoms with van der Waals surface area (Å²) in [6, 6.07) is 0. The van der Waals surface area contributed by atoms with E-state index in [1.807, 2.05) is 17.8 Å². The molecule has 0 bridgehead atoms. The van der Waals surface area contributed by atoms with Gasteiger partial charge in [-0.15, -0.1) is 6.58 Å². The van der Waals surface area contributed by atoms with Crippen molar-refractivity contribution in [2.45, 2.75) is 0 Å². The highest BCUT2D eigenvalue weighted by molar-refractivity contribution is 7.99. The summed E-state index contributed by atoms with van der Waals surface area (Å²) in [6.45, 7) is 8.89. The van der Waals surface area contributed by atoms with E-state index < -0.39 is 0 Å². The normalized spacial score (nSPS) is 10.6. The van der Waals surface area contributed by atoms with Gasteiger partial charge in [-0.2, -0.15) is 11.8 Å². The molecule has 0 spiro atoms. The van der Waals surface area contributed by atoms with Gasteiger partial charge < -0.3 is 19.5 Å². The molecule has 5 heteroatoms. The maximum absolute atomic E-state index is 5.39. The summed E-state index contributed by atoms with van der Waals surface area (Å²) in [4.78, 5) is 0. The standard InChI is InChI=1S/C12H25NO3S/c1-3-11-17-12-5-13-4-6-15-9-10-16-8-7-14-2/h3,13H,1,4-12H2,2H3. The third-order valence-electron chi connectivity index (χ3n) is 1.89. The van der Waals surface area contributed by atoms with Crippen molar-refractivity contribution in [2.24, 2.45) is 0 Å². The smallest absolute Gasteiger partial charge is 0.0701 e. The maximum atomic E-state index is 5.39. The Kier molecular flexibility index (Phi) is 15.9. The van der Waals surface area contributed by atoms with E-state index in [0.717, 1.165) is 31.2 Å². The lowest BCUT2D eigenvalue weighted by Gasteiger charge is -2.06. The highest BCUT2D eigenvalue weighted by Gasteiger charge is 1.91. The molecule has 0 aliphatic carbocycles. The molecule has 0 aromatic heterocycles. The van der Waals surface area contributed by atoms with Crippen LogP contribution in [0.3, 0.4) is 0 Å². The first kappa shape index (κ1) is 16.9. The Labute approximate surface area is 109 Å². The topological polar surface area (TPSA) is 39.7 Å². The van der Waals surface area contributed by atoms with Crippen molar-refractivity contribution in [3.8, 4) is 0 Å². The first-order valence-corrected chi connectivity index (χ1v) is 7.11. The predicted octanol–water partition coefficient (Wildman–Crippen LogP) is 1.17. The minimum absolute atomic E-state index is 0.637. The summed E-state index contributed by atoms with van der Waals surface area (Å²) in [5, 5.41) is 3.31. The number of ether oxygens (including phenoxy) is 3. The van der Waals surface area contributed by atoms with Crippen molar-refractivity contribution in [3.63, 3.8) is 0 Å². The van der Waals surface area contributed by atoms with Crippen LogP contribution < -0.4 is 5.32 Å². The minimum Gasteiger partial charge on any atom is -0.382 e. The molecular weight excluding hydrogens is 238 g/mol. The monoisotopic (exact) mass is 263 g/mol. The van der Waals surface area contributed by atoms with Gasteiger partial charge in [0.2, 0.25) is 0 Å². The van der Waals surface area contributed by atoms with Gasteiger partial charge >= 0.3 is 0 Å². The fourth-order valence-electron chi connectivity index (χ4n) is 1.04. The highest BCUT2D eigenvalue weighted by atomic mass is 32.2. The minimum atomic E-state index is 0.637. The van der Waals surface area contributed by atoms with Crippen LogP contribution in [0.15, 0.2) is 12.7 Å². The van der Waals surface area contributed by atoms with E-state index in [2.05, 4.69) is 11.9 Å². The molecule has 1 N–H and O–H groups in total. The van der Waals surface area contributed by atoms with Crippen LogP contribution in [0.25, 0.3) is 0 Å². The number of hydrogen-bond acceptors (Lipinski definition) is 5. The Bertz CT molecular complexity index is 159. The highest BCUT2D eigenvalue weighted by Crippen LogP contribution is 1.96. The molecule has 0 fully saturated rings. The summed E-state index contributed by atoms with van der Waals surface area (Å²) in [6.07, 6.45) is 1.93. The molecule has 0 aliphatic heterocycles. The molecule has 0 amide bonds. The molecule has 0 aromatic carbocycles. The van der Waals surface area contributed by atoms with Crippen LogP contribution in [-0.4, -0.2) is 64.7 Å². The van der Waals surface area contributed by atoms with Gasteiger partial charge in [0.15, 0.2) is 0 Å². The average Bonchev–Trinajstić information content (AvgIpc) is 2.35. The van der Waals surface area contributed by atoms with Gasteiger partial charge in [0.25, 0.3) is 0 Å². The van der Waals surface area contributed by atoms with E-state index in [4.69, 9.17) is 14.2 Å². The molecule has 0 unspecified atom stereocenters. The lowest BCUT2D eigenvalue weighted by Crippen LogP contribution is -2.23. The number of methoxy groups -OCH3 is 1. The van der Waals surface area contributed by atoms with E-state index in [-0.39, 0.29) is 0 Å². The summed E-state index contributed by atoms with van der Waals surface area (Å²) >= 11 is 1.88. The molecule has 0 atom stereocenters. The molecular formula is C12H25NO3S. The molecule has 0 saturated carbocycles. The number of hydrogen-bond donors (Lipinski definition) is 1. The zero-order valence-electron chi connectivity index (χ0n) is 10.8. The first-order chi connectivity index (χ1) is 8.41. The van der Waals surface area contributed by atoms with E-state index in [0.29, 0.717) is 26.4 Å². The van der Waals surface area contributed by atoms with Gasteiger partial charge in [0.1, 0.15) is 0 Å². The zero-order chi connectivity index (χ0) is 12.6. The van der Waals surface area contributed by atoms with Crippen LogP contribution in [0.5, 0.6) is 0 Å². The van der Waals surface area contributed by atoms with Crippen LogP contribution in [0, 0.1) is 0 Å². The van der Waals surface area contributed by atoms with Crippen LogP contribution in [0.1, 0.15) is 0 Å². The third-order valence-corrected chi connectivity index (χ3v) is 2.85. The fraction of sp³-hybridized carbons (Fsp3) is 0.833. The van der Waals surface area contributed by atoms with Crippen molar-refractivity contribution in [2.75, 3.05) is 64.7 Å². The number of rotatable bonds is 14. The molecule has 17 heavy (non-hydrogen) atoms. The Balaban J connectivity index is 2.87. The molecule has 0 aromatic rings. The second kappa shape index (κ2) is 15.9. The molecule has 0 aliphatic rings.